The van der Waals surface area contributed by atoms with E-state index in [-0.39, 0.29) is 17.9 Å². The second-order valence-electron chi connectivity index (χ2n) is 9.07. The van der Waals surface area contributed by atoms with E-state index in [0.29, 0.717) is 31.0 Å². The molecule has 0 radical (unpaired) electrons. The van der Waals surface area contributed by atoms with Gasteiger partial charge in [0.25, 0.3) is 5.91 Å². The topological polar surface area (TPSA) is 80.8 Å². The van der Waals surface area contributed by atoms with Gasteiger partial charge in [-0.05, 0) is 37.5 Å². The normalized spacial score (nSPS) is 20.3. The van der Waals surface area contributed by atoms with Crippen LogP contribution in [0.2, 0.25) is 0 Å². The van der Waals surface area contributed by atoms with Gasteiger partial charge in [-0.1, -0.05) is 36.4 Å². The monoisotopic (exact) mass is 459 g/mol. The van der Waals surface area contributed by atoms with E-state index < -0.39 is 6.04 Å². The molecule has 2 atom stereocenters. The summed E-state index contributed by atoms with van der Waals surface area (Å²) in [7, 11) is 3.04. The number of benzene rings is 2. The van der Waals surface area contributed by atoms with Crippen LogP contribution in [-0.2, 0) is 16.1 Å². The second kappa shape index (κ2) is 9.43. The maximum atomic E-state index is 13.4. The summed E-state index contributed by atoms with van der Waals surface area (Å²) in [6.07, 6.45) is 2.73. The van der Waals surface area contributed by atoms with Gasteiger partial charge < -0.3 is 14.8 Å². The van der Waals surface area contributed by atoms with Crippen LogP contribution in [0, 0.1) is 0 Å². The number of methoxy groups -OCH3 is 2. The standard InChI is InChI=1S/C27H29N3O4/c1-33-25-10-6-3-7-18(25)15-30-16-19(13-24(30)27(32)34-2)28-26(31)21-14-23(17-11-12-17)29-22-9-5-4-8-20(21)22/h3-10,14,17,19,24H,11-13,15-16H2,1-2H3,(H,28,31)/t19-,24+/m1/s1. The number of likely N-dealkylation sites (tertiary alicyclic amines) is 1. The molecule has 1 aliphatic carbocycles. The van der Waals surface area contributed by atoms with Gasteiger partial charge in [0.15, 0.2) is 0 Å². The van der Waals surface area contributed by atoms with Crippen LogP contribution in [0.15, 0.2) is 54.6 Å². The Kier molecular flexibility index (Phi) is 6.20. The number of pyridine rings is 1. The zero-order valence-electron chi connectivity index (χ0n) is 19.5. The lowest BCUT2D eigenvalue weighted by Crippen LogP contribution is -2.38. The minimum Gasteiger partial charge on any atom is -0.496 e. The molecule has 7 nitrogen and oxygen atoms in total. The number of ether oxygens (including phenoxy) is 2. The fourth-order valence-electron chi connectivity index (χ4n) is 4.85. The molecule has 1 saturated heterocycles. The van der Waals surface area contributed by atoms with Crippen molar-refractivity contribution in [2.24, 2.45) is 0 Å². The van der Waals surface area contributed by atoms with Gasteiger partial charge in [-0.3, -0.25) is 19.5 Å². The molecule has 1 aliphatic heterocycles. The van der Waals surface area contributed by atoms with Crippen molar-refractivity contribution in [3.8, 4) is 5.75 Å². The average molecular weight is 460 g/mol. The van der Waals surface area contributed by atoms with Crippen LogP contribution in [-0.4, -0.2) is 54.6 Å². The SMILES string of the molecule is COC(=O)[C@@H]1C[C@@H](NC(=O)c2cc(C3CC3)nc3ccccc23)CN1Cc1ccccc1OC. The highest BCUT2D eigenvalue weighted by Gasteiger charge is 2.39. The largest absolute Gasteiger partial charge is 0.496 e. The number of nitrogens with one attached hydrogen (secondary N) is 1. The van der Waals surface area contributed by atoms with Crippen molar-refractivity contribution in [1.82, 2.24) is 15.2 Å². The molecule has 1 aromatic heterocycles. The summed E-state index contributed by atoms with van der Waals surface area (Å²) in [4.78, 5) is 32.8. The number of nitrogens with zero attached hydrogens (tertiary/aromatic N) is 2. The van der Waals surface area contributed by atoms with Crippen molar-refractivity contribution in [2.75, 3.05) is 20.8 Å². The lowest BCUT2D eigenvalue weighted by molar-refractivity contribution is -0.146. The third kappa shape index (κ3) is 4.48. The Hall–Kier alpha value is -3.45. The number of aromatic nitrogens is 1. The zero-order chi connectivity index (χ0) is 23.7. The predicted octanol–water partition coefficient (Wildman–Crippen LogP) is 3.67. The summed E-state index contributed by atoms with van der Waals surface area (Å²) in [5.41, 5.74) is 3.46. The molecule has 2 aromatic carbocycles. The molecule has 34 heavy (non-hydrogen) atoms. The predicted molar refractivity (Wildman–Crippen MR) is 129 cm³/mol. The molecule has 0 spiro atoms. The van der Waals surface area contributed by atoms with Crippen molar-refractivity contribution < 1.29 is 19.1 Å². The van der Waals surface area contributed by atoms with E-state index in [1.807, 2.05) is 54.6 Å². The smallest absolute Gasteiger partial charge is 0.323 e. The number of carbonyl (C=O) groups is 2. The summed E-state index contributed by atoms with van der Waals surface area (Å²) < 4.78 is 10.6. The van der Waals surface area contributed by atoms with Gasteiger partial charge in [0.05, 0.1) is 25.3 Å². The highest BCUT2D eigenvalue weighted by Crippen LogP contribution is 2.40. The lowest BCUT2D eigenvalue weighted by Gasteiger charge is -2.23. The molecular formula is C27H29N3O4. The van der Waals surface area contributed by atoms with E-state index in [4.69, 9.17) is 14.5 Å². The van der Waals surface area contributed by atoms with Gasteiger partial charge in [0.2, 0.25) is 0 Å². The minimum atomic E-state index is -0.434. The first-order chi connectivity index (χ1) is 16.6. The molecule has 7 heteroatoms. The van der Waals surface area contributed by atoms with Crippen LogP contribution in [0.5, 0.6) is 5.75 Å². The van der Waals surface area contributed by atoms with Crippen LogP contribution in [0.3, 0.4) is 0 Å². The first-order valence-corrected chi connectivity index (χ1v) is 11.7. The summed E-state index contributed by atoms with van der Waals surface area (Å²) >= 11 is 0. The summed E-state index contributed by atoms with van der Waals surface area (Å²) in [5.74, 6) is 0.794. The number of hydrogen-bond acceptors (Lipinski definition) is 6. The van der Waals surface area contributed by atoms with Crippen LogP contribution >= 0.6 is 0 Å². The molecular weight excluding hydrogens is 430 g/mol. The third-order valence-corrected chi connectivity index (χ3v) is 6.75. The Morgan fingerprint density at radius 3 is 2.62 bits per heavy atom. The van der Waals surface area contributed by atoms with E-state index in [1.165, 1.54) is 7.11 Å². The summed E-state index contributed by atoms with van der Waals surface area (Å²) in [6.45, 7) is 1.07. The van der Waals surface area contributed by atoms with E-state index in [2.05, 4.69) is 10.2 Å². The van der Waals surface area contributed by atoms with Gasteiger partial charge in [-0.2, -0.15) is 0 Å². The Morgan fingerprint density at radius 2 is 1.85 bits per heavy atom. The van der Waals surface area contributed by atoms with E-state index in [9.17, 15) is 9.59 Å². The quantitative estimate of drug-likeness (QED) is 0.543. The fraction of sp³-hybridized carbons (Fsp3) is 0.370. The van der Waals surface area contributed by atoms with Crippen LogP contribution in [0.1, 0.15) is 46.8 Å². The number of rotatable bonds is 7. The van der Waals surface area contributed by atoms with Crippen LogP contribution in [0.25, 0.3) is 10.9 Å². The molecule has 176 valence electrons. The highest BCUT2D eigenvalue weighted by molar-refractivity contribution is 6.06. The number of para-hydroxylation sites is 2. The highest BCUT2D eigenvalue weighted by atomic mass is 16.5. The molecule has 2 fully saturated rings. The van der Waals surface area contributed by atoms with Crippen molar-refractivity contribution in [1.29, 1.82) is 0 Å². The van der Waals surface area contributed by atoms with Gasteiger partial charge in [0.1, 0.15) is 11.8 Å². The number of fused-ring (bicyclic) bond motifs is 1. The molecule has 2 aliphatic rings. The zero-order valence-corrected chi connectivity index (χ0v) is 19.5. The summed E-state index contributed by atoms with van der Waals surface area (Å²) in [6, 6.07) is 16.9. The lowest BCUT2D eigenvalue weighted by atomic mass is 10.0. The molecule has 2 heterocycles. The first-order valence-electron chi connectivity index (χ1n) is 11.7. The van der Waals surface area contributed by atoms with Gasteiger partial charge in [-0.25, -0.2) is 0 Å². The van der Waals surface area contributed by atoms with Crippen LogP contribution in [0.4, 0.5) is 0 Å². The van der Waals surface area contributed by atoms with E-state index >= 15 is 0 Å². The molecule has 1 saturated carbocycles. The molecule has 5 rings (SSSR count). The number of esters is 1. The summed E-state index contributed by atoms with van der Waals surface area (Å²) in [5, 5.41) is 4.02. The molecule has 0 unspecified atom stereocenters. The first kappa shape index (κ1) is 22.3. The third-order valence-electron chi connectivity index (χ3n) is 6.75. The minimum absolute atomic E-state index is 0.131. The van der Waals surface area contributed by atoms with E-state index in [0.717, 1.165) is 40.8 Å². The van der Waals surface area contributed by atoms with Gasteiger partial charge >= 0.3 is 5.97 Å². The number of carbonyl (C=O) groups excluding carboxylic acids is 2. The number of amides is 1. The Bertz CT molecular complexity index is 1220. The van der Waals surface area contributed by atoms with Crippen molar-refractivity contribution in [3.05, 3.63) is 71.4 Å². The average Bonchev–Trinajstić information content (AvgIpc) is 3.65. The maximum absolute atomic E-state index is 13.4. The maximum Gasteiger partial charge on any atom is 0.323 e. The van der Waals surface area contributed by atoms with Gasteiger partial charge in [-0.15, -0.1) is 0 Å². The van der Waals surface area contributed by atoms with Crippen molar-refractivity contribution in [3.63, 3.8) is 0 Å². The van der Waals surface area contributed by atoms with Crippen molar-refractivity contribution in [2.45, 2.75) is 43.8 Å². The molecule has 1 N–H and O–H groups in total. The molecule has 1 amide bonds. The van der Waals surface area contributed by atoms with Gasteiger partial charge in [0, 0.05) is 41.7 Å². The molecule has 3 aromatic rings. The Balaban J connectivity index is 1.37. The van der Waals surface area contributed by atoms with Crippen molar-refractivity contribution >= 4 is 22.8 Å². The Labute approximate surface area is 199 Å². The fourth-order valence-corrected chi connectivity index (χ4v) is 4.85. The van der Waals surface area contributed by atoms with Crippen LogP contribution < -0.4 is 10.1 Å². The van der Waals surface area contributed by atoms with E-state index in [1.54, 1.807) is 7.11 Å². The Morgan fingerprint density at radius 1 is 1.09 bits per heavy atom. The molecule has 0 bridgehead atoms. The number of hydrogen-bond donors (Lipinski definition) is 1. The second-order valence-corrected chi connectivity index (χ2v) is 9.07.